The van der Waals surface area contributed by atoms with Crippen molar-refractivity contribution >= 4 is 0 Å². The topological polar surface area (TPSA) is 35.5 Å². The Kier molecular flexibility index (Phi) is 8.33. The van der Waals surface area contributed by atoms with Gasteiger partial charge < -0.3 is 13.6 Å². The Morgan fingerprint density at radius 3 is 2.32 bits per heavy atom. The van der Waals surface area contributed by atoms with E-state index in [9.17, 15) is 0 Å². The molecule has 0 aliphatic heterocycles. The molecule has 0 spiro atoms. The van der Waals surface area contributed by atoms with Crippen LogP contribution in [0.4, 0.5) is 0 Å². The van der Waals surface area contributed by atoms with E-state index in [1.54, 1.807) is 19.6 Å². The van der Waals surface area contributed by atoms with Crippen LogP contribution in [0.1, 0.15) is 50.7 Å². The lowest BCUT2D eigenvalue weighted by atomic mass is 10.0. The van der Waals surface area contributed by atoms with Gasteiger partial charge in [-0.05, 0) is 75.6 Å². The van der Waals surface area contributed by atoms with Crippen LogP contribution in [0, 0.1) is 0 Å². The third kappa shape index (κ3) is 7.61. The predicted octanol–water partition coefficient (Wildman–Crippen LogP) is 6.13. The van der Waals surface area contributed by atoms with Gasteiger partial charge in [0.25, 0.3) is 0 Å². The number of hydrogen-bond acceptors (Lipinski definition) is 3. The van der Waals surface area contributed by atoms with Crippen LogP contribution < -0.4 is 0 Å². The van der Waals surface area contributed by atoms with Crippen LogP contribution in [0.3, 0.4) is 0 Å². The highest BCUT2D eigenvalue weighted by molar-refractivity contribution is 5.11. The number of furan rings is 2. The number of rotatable bonds is 11. The maximum absolute atomic E-state index is 5.65. The lowest BCUT2D eigenvalue weighted by molar-refractivity contribution is 0.140. The average Bonchev–Trinajstić information content (AvgIpc) is 3.28. The Bertz CT molecular complexity index is 633. The van der Waals surface area contributed by atoms with E-state index in [2.05, 4.69) is 26.0 Å². The van der Waals surface area contributed by atoms with Gasteiger partial charge in [0.05, 0.1) is 31.2 Å². The second kappa shape index (κ2) is 10.8. The summed E-state index contributed by atoms with van der Waals surface area (Å²) in [6.45, 7) is 4.38. The van der Waals surface area contributed by atoms with Gasteiger partial charge in [-0.15, -0.1) is 0 Å². The molecule has 0 saturated heterocycles. The predicted molar refractivity (Wildman–Crippen MR) is 102 cm³/mol. The van der Waals surface area contributed by atoms with Gasteiger partial charge in [-0.2, -0.15) is 0 Å². The zero-order chi connectivity index (χ0) is 17.9. The van der Waals surface area contributed by atoms with Crippen molar-refractivity contribution in [3.63, 3.8) is 0 Å². The van der Waals surface area contributed by atoms with Gasteiger partial charge in [0.15, 0.2) is 0 Å². The first-order valence-corrected chi connectivity index (χ1v) is 9.05. The van der Waals surface area contributed by atoms with E-state index in [1.807, 2.05) is 24.7 Å². The van der Waals surface area contributed by atoms with Gasteiger partial charge in [-0.3, -0.25) is 0 Å². The Labute approximate surface area is 151 Å². The summed E-state index contributed by atoms with van der Waals surface area (Å²) in [7, 11) is 1.79. The van der Waals surface area contributed by atoms with Crippen LogP contribution >= 0.6 is 0 Å². The minimum Gasteiger partial charge on any atom is -0.472 e. The van der Waals surface area contributed by atoms with Crippen molar-refractivity contribution in [2.75, 3.05) is 7.11 Å². The maximum Gasteiger partial charge on any atom is 0.0934 e. The molecule has 136 valence electrons. The molecule has 3 nitrogen and oxygen atoms in total. The zero-order valence-corrected chi connectivity index (χ0v) is 15.7. The number of allylic oxidation sites excluding steroid dienone is 2. The lowest BCUT2D eigenvalue weighted by Gasteiger charge is -2.13. The molecule has 2 rings (SSSR count). The fraction of sp³-hybridized carbons (Fsp3) is 0.455. The molecule has 0 N–H and O–H groups in total. The molecule has 0 fully saturated rings. The summed E-state index contributed by atoms with van der Waals surface area (Å²) in [6.07, 6.45) is 18.1. The smallest absolute Gasteiger partial charge is 0.0934 e. The molecular weight excluding hydrogens is 312 g/mol. The highest BCUT2D eigenvalue weighted by atomic mass is 16.5. The molecule has 0 aromatic carbocycles. The van der Waals surface area contributed by atoms with Crippen LogP contribution in [0.25, 0.3) is 0 Å². The average molecular weight is 342 g/mol. The van der Waals surface area contributed by atoms with Gasteiger partial charge >= 0.3 is 0 Å². The van der Waals surface area contributed by atoms with E-state index in [0.29, 0.717) is 0 Å². The molecule has 0 bridgehead atoms. The Morgan fingerprint density at radius 1 is 1.04 bits per heavy atom. The van der Waals surface area contributed by atoms with E-state index >= 15 is 0 Å². The van der Waals surface area contributed by atoms with Crippen molar-refractivity contribution in [1.82, 2.24) is 0 Å². The van der Waals surface area contributed by atoms with Crippen molar-refractivity contribution in [2.45, 2.75) is 58.5 Å². The lowest BCUT2D eigenvalue weighted by Crippen LogP contribution is -2.08. The number of hydrogen-bond donors (Lipinski definition) is 0. The Hall–Kier alpha value is -2.00. The Morgan fingerprint density at radius 2 is 1.72 bits per heavy atom. The van der Waals surface area contributed by atoms with E-state index in [-0.39, 0.29) is 6.10 Å². The fourth-order valence-corrected chi connectivity index (χ4v) is 2.94. The highest BCUT2D eigenvalue weighted by Gasteiger charge is 2.06. The summed E-state index contributed by atoms with van der Waals surface area (Å²) in [4.78, 5) is 0. The monoisotopic (exact) mass is 342 g/mol. The van der Waals surface area contributed by atoms with Crippen LogP contribution in [0.15, 0.2) is 69.3 Å². The molecule has 0 unspecified atom stereocenters. The summed E-state index contributed by atoms with van der Waals surface area (Å²) in [5, 5.41) is 0. The van der Waals surface area contributed by atoms with Crippen LogP contribution in [-0.2, 0) is 17.6 Å². The van der Waals surface area contributed by atoms with Gasteiger partial charge in [0, 0.05) is 7.11 Å². The first-order chi connectivity index (χ1) is 12.2. The molecule has 1 atom stereocenters. The first kappa shape index (κ1) is 19.3. The summed E-state index contributed by atoms with van der Waals surface area (Å²) in [5.74, 6) is 0. The second-order valence-corrected chi connectivity index (χ2v) is 6.70. The summed E-state index contributed by atoms with van der Waals surface area (Å²) < 4.78 is 15.9. The van der Waals surface area contributed by atoms with Gasteiger partial charge in [0.1, 0.15) is 0 Å². The zero-order valence-electron chi connectivity index (χ0n) is 15.7. The van der Waals surface area contributed by atoms with Crippen molar-refractivity contribution < 1.29 is 13.6 Å². The molecular formula is C22H30O3. The quantitative estimate of drug-likeness (QED) is 0.461. The maximum atomic E-state index is 5.65. The van der Waals surface area contributed by atoms with Gasteiger partial charge in [0.2, 0.25) is 0 Å². The van der Waals surface area contributed by atoms with Crippen LogP contribution in [-0.4, -0.2) is 13.2 Å². The van der Waals surface area contributed by atoms with E-state index in [1.165, 1.54) is 22.3 Å². The van der Waals surface area contributed by atoms with Crippen molar-refractivity contribution in [1.29, 1.82) is 0 Å². The highest BCUT2D eigenvalue weighted by Crippen LogP contribution is 2.16. The van der Waals surface area contributed by atoms with Crippen LogP contribution in [0.2, 0.25) is 0 Å². The number of ether oxygens (including phenoxy) is 1. The molecule has 0 aliphatic rings. The minimum atomic E-state index is 0.152. The van der Waals surface area contributed by atoms with Crippen LogP contribution in [0.5, 0.6) is 0 Å². The minimum absolute atomic E-state index is 0.152. The van der Waals surface area contributed by atoms with Gasteiger partial charge in [-0.1, -0.05) is 23.3 Å². The molecule has 0 aliphatic carbocycles. The third-order valence-electron chi connectivity index (χ3n) is 4.42. The molecule has 2 aromatic heterocycles. The standard InChI is InChI=1S/C22H30O3/c1-18(6-4-8-20-10-12-24-16-20)14-22(23-3)15-19(2)7-5-9-21-11-13-25-17-21/h6,10-13,15-17,22H,4-5,7-9,14H2,1-3H3/t22-/m0/s1. The summed E-state index contributed by atoms with van der Waals surface area (Å²) >= 11 is 0. The van der Waals surface area contributed by atoms with Gasteiger partial charge in [-0.25, -0.2) is 0 Å². The number of aryl methyl sites for hydroxylation is 2. The largest absolute Gasteiger partial charge is 0.472 e. The van der Waals surface area contributed by atoms with E-state index < -0.39 is 0 Å². The fourth-order valence-electron chi connectivity index (χ4n) is 2.94. The summed E-state index contributed by atoms with van der Waals surface area (Å²) in [5.41, 5.74) is 5.28. The second-order valence-electron chi connectivity index (χ2n) is 6.70. The van der Waals surface area contributed by atoms with Crippen molar-refractivity contribution in [2.24, 2.45) is 0 Å². The Balaban J connectivity index is 1.73. The molecule has 0 amide bonds. The van der Waals surface area contributed by atoms with E-state index in [0.717, 1.165) is 38.5 Å². The normalized spacial score (nSPS) is 14.0. The molecule has 0 radical (unpaired) electrons. The third-order valence-corrected chi connectivity index (χ3v) is 4.42. The summed E-state index contributed by atoms with van der Waals surface area (Å²) in [6, 6.07) is 4.06. The first-order valence-electron chi connectivity index (χ1n) is 9.05. The number of methoxy groups -OCH3 is 1. The van der Waals surface area contributed by atoms with Crippen molar-refractivity contribution in [3.05, 3.63) is 71.6 Å². The van der Waals surface area contributed by atoms with Crippen molar-refractivity contribution in [3.8, 4) is 0 Å². The van der Waals surface area contributed by atoms with E-state index in [4.69, 9.17) is 13.6 Å². The molecule has 0 saturated carbocycles. The molecule has 3 heteroatoms. The molecule has 2 aromatic rings. The molecule has 25 heavy (non-hydrogen) atoms. The molecule has 2 heterocycles. The SMILES string of the molecule is CO[C@H](C=C(C)CCCc1ccoc1)CC(C)=CCCc1ccoc1.